The topological polar surface area (TPSA) is 80.0 Å². The second-order valence-electron chi connectivity index (χ2n) is 6.13. The third kappa shape index (κ3) is 2.86. The molecule has 26 heavy (non-hydrogen) atoms. The number of para-hydroxylation sites is 2. The van der Waals surface area contributed by atoms with Gasteiger partial charge in [-0.05, 0) is 43.3 Å². The lowest BCUT2D eigenvalue weighted by Crippen LogP contribution is -2.15. The van der Waals surface area contributed by atoms with Crippen LogP contribution in [0.2, 0.25) is 0 Å². The Balaban J connectivity index is 1.53. The van der Waals surface area contributed by atoms with Crippen molar-refractivity contribution in [3.05, 3.63) is 60.6 Å². The van der Waals surface area contributed by atoms with Crippen LogP contribution in [0.4, 0.5) is 5.69 Å². The Labute approximate surface area is 150 Å². The minimum atomic E-state index is -0.0991. The number of nitrogens with zero attached hydrogens (tertiary/aromatic N) is 3. The van der Waals surface area contributed by atoms with Crippen LogP contribution in [0.5, 0.6) is 5.75 Å². The van der Waals surface area contributed by atoms with E-state index in [0.717, 1.165) is 16.9 Å². The lowest BCUT2D eigenvalue weighted by Gasteiger charge is -2.10. The molecule has 0 spiro atoms. The summed E-state index contributed by atoms with van der Waals surface area (Å²) in [6.07, 6.45) is 1.93. The van der Waals surface area contributed by atoms with Crippen LogP contribution < -0.4 is 5.32 Å². The number of imidazole rings is 1. The van der Waals surface area contributed by atoms with Gasteiger partial charge in [0, 0.05) is 24.5 Å². The van der Waals surface area contributed by atoms with E-state index in [0.29, 0.717) is 29.6 Å². The molecule has 2 heterocycles. The van der Waals surface area contributed by atoms with E-state index < -0.39 is 0 Å². The molecule has 0 bridgehead atoms. The lowest BCUT2D eigenvalue weighted by molar-refractivity contribution is -0.116. The van der Waals surface area contributed by atoms with Crippen molar-refractivity contribution in [2.45, 2.75) is 19.9 Å². The van der Waals surface area contributed by atoms with Crippen LogP contribution in [0.3, 0.4) is 0 Å². The quantitative estimate of drug-likeness (QED) is 0.553. The number of anilines is 1. The SMILES string of the molecule is Cc1nc2ccccc2n1CCC(=O)Nc1ccc(O)c2ncccc12. The van der Waals surface area contributed by atoms with Crippen molar-refractivity contribution >= 4 is 33.5 Å². The number of phenols is 1. The van der Waals surface area contributed by atoms with E-state index in [2.05, 4.69) is 15.3 Å². The number of hydrogen-bond donors (Lipinski definition) is 2. The highest BCUT2D eigenvalue weighted by Gasteiger charge is 2.11. The lowest BCUT2D eigenvalue weighted by atomic mass is 10.1. The maximum absolute atomic E-state index is 12.5. The molecule has 0 aliphatic heterocycles. The van der Waals surface area contributed by atoms with E-state index in [9.17, 15) is 9.90 Å². The van der Waals surface area contributed by atoms with Crippen LogP contribution in [-0.4, -0.2) is 25.5 Å². The summed E-state index contributed by atoms with van der Waals surface area (Å²) in [7, 11) is 0. The predicted octanol–water partition coefficient (Wildman–Crippen LogP) is 3.63. The number of carbonyl (C=O) groups is 1. The number of aryl methyl sites for hydroxylation is 2. The summed E-state index contributed by atoms with van der Waals surface area (Å²) in [5.74, 6) is 0.885. The highest BCUT2D eigenvalue weighted by atomic mass is 16.3. The van der Waals surface area contributed by atoms with Crippen LogP contribution in [0, 0.1) is 6.92 Å². The number of benzene rings is 2. The van der Waals surface area contributed by atoms with Crippen LogP contribution in [0.25, 0.3) is 21.9 Å². The molecule has 1 amide bonds. The minimum absolute atomic E-state index is 0.0964. The summed E-state index contributed by atoms with van der Waals surface area (Å²) < 4.78 is 2.05. The molecule has 0 aliphatic rings. The van der Waals surface area contributed by atoms with Crippen LogP contribution in [0.1, 0.15) is 12.2 Å². The van der Waals surface area contributed by atoms with Crippen molar-refractivity contribution in [1.29, 1.82) is 0 Å². The zero-order valence-electron chi connectivity index (χ0n) is 14.3. The molecule has 0 saturated carbocycles. The van der Waals surface area contributed by atoms with Crippen molar-refractivity contribution in [2.24, 2.45) is 0 Å². The molecule has 0 atom stereocenters. The zero-order valence-corrected chi connectivity index (χ0v) is 14.3. The van der Waals surface area contributed by atoms with Gasteiger partial charge in [0.05, 0.1) is 16.7 Å². The van der Waals surface area contributed by atoms with Gasteiger partial charge in [0.2, 0.25) is 5.91 Å². The number of aromatic nitrogens is 3. The van der Waals surface area contributed by atoms with Gasteiger partial charge in [-0.1, -0.05) is 12.1 Å². The third-order valence-electron chi connectivity index (χ3n) is 4.43. The maximum Gasteiger partial charge on any atom is 0.226 e. The number of amides is 1. The molecule has 4 rings (SSSR count). The first kappa shape index (κ1) is 16.1. The third-order valence-corrected chi connectivity index (χ3v) is 4.43. The van der Waals surface area contributed by atoms with Crippen molar-refractivity contribution in [3.63, 3.8) is 0 Å². The molecule has 130 valence electrons. The number of carbonyl (C=O) groups excluding carboxylic acids is 1. The molecule has 0 unspecified atom stereocenters. The van der Waals surface area contributed by atoms with Gasteiger partial charge in [0.1, 0.15) is 17.1 Å². The smallest absolute Gasteiger partial charge is 0.226 e. The van der Waals surface area contributed by atoms with Gasteiger partial charge in [-0.15, -0.1) is 0 Å². The average Bonchev–Trinajstić information content (AvgIpc) is 2.98. The number of pyridine rings is 1. The summed E-state index contributed by atoms with van der Waals surface area (Å²) >= 11 is 0. The van der Waals surface area contributed by atoms with Crippen LogP contribution in [-0.2, 0) is 11.3 Å². The summed E-state index contributed by atoms with van der Waals surface area (Å²) in [6.45, 7) is 2.49. The first-order chi connectivity index (χ1) is 12.6. The first-order valence-corrected chi connectivity index (χ1v) is 8.42. The van der Waals surface area contributed by atoms with Gasteiger partial charge in [-0.25, -0.2) is 4.98 Å². The summed E-state index contributed by atoms with van der Waals surface area (Å²) in [4.78, 5) is 21.1. The Morgan fingerprint density at radius 2 is 2.00 bits per heavy atom. The van der Waals surface area contributed by atoms with Gasteiger partial charge in [-0.3, -0.25) is 9.78 Å². The fourth-order valence-electron chi connectivity index (χ4n) is 3.17. The van der Waals surface area contributed by atoms with Gasteiger partial charge in [-0.2, -0.15) is 0 Å². The predicted molar refractivity (Wildman–Crippen MR) is 101 cm³/mol. The van der Waals surface area contributed by atoms with Crippen molar-refractivity contribution < 1.29 is 9.90 Å². The van der Waals surface area contributed by atoms with E-state index in [1.165, 1.54) is 0 Å². The van der Waals surface area contributed by atoms with Gasteiger partial charge in [0.25, 0.3) is 0 Å². The molecule has 2 aromatic carbocycles. The zero-order chi connectivity index (χ0) is 18.1. The van der Waals surface area contributed by atoms with Gasteiger partial charge < -0.3 is 15.0 Å². The fourth-order valence-corrected chi connectivity index (χ4v) is 3.17. The molecule has 0 aliphatic carbocycles. The van der Waals surface area contributed by atoms with Crippen molar-refractivity contribution in [2.75, 3.05) is 5.32 Å². The molecule has 0 fully saturated rings. The molecular formula is C20H18N4O2. The number of rotatable bonds is 4. The molecule has 2 aromatic heterocycles. The monoisotopic (exact) mass is 346 g/mol. The summed E-state index contributed by atoms with van der Waals surface area (Å²) in [6, 6.07) is 14.7. The van der Waals surface area contributed by atoms with Gasteiger partial charge >= 0.3 is 0 Å². The number of hydrogen-bond acceptors (Lipinski definition) is 4. The number of nitrogens with one attached hydrogen (secondary N) is 1. The molecule has 2 N–H and O–H groups in total. The highest BCUT2D eigenvalue weighted by Crippen LogP contribution is 2.29. The molecule has 6 nitrogen and oxygen atoms in total. The Bertz CT molecular complexity index is 1120. The van der Waals surface area contributed by atoms with E-state index in [1.54, 1.807) is 24.4 Å². The molecule has 6 heteroatoms. The Kier molecular flexibility index (Phi) is 4.01. The van der Waals surface area contributed by atoms with Crippen molar-refractivity contribution in [3.8, 4) is 5.75 Å². The van der Waals surface area contributed by atoms with E-state index in [4.69, 9.17) is 0 Å². The number of aromatic hydroxyl groups is 1. The second kappa shape index (κ2) is 6.48. The molecule has 4 aromatic rings. The van der Waals surface area contributed by atoms with Crippen LogP contribution in [0.15, 0.2) is 54.7 Å². The number of phenolic OH excluding ortho intramolecular Hbond substituents is 1. The average molecular weight is 346 g/mol. The largest absolute Gasteiger partial charge is 0.506 e. The first-order valence-electron chi connectivity index (χ1n) is 8.42. The summed E-state index contributed by atoms with van der Waals surface area (Å²) in [5, 5.41) is 13.5. The molecule has 0 saturated heterocycles. The van der Waals surface area contributed by atoms with Crippen LogP contribution >= 0.6 is 0 Å². The van der Waals surface area contributed by atoms with E-state index >= 15 is 0 Å². The fraction of sp³-hybridized carbons (Fsp3) is 0.150. The normalized spacial score (nSPS) is 11.1. The second-order valence-corrected chi connectivity index (χ2v) is 6.13. The Morgan fingerprint density at radius 3 is 2.88 bits per heavy atom. The maximum atomic E-state index is 12.5. The Morgan fingerprint density at radius 1 is 1.15 bits per heavy atom. The standard InChI is InChI=1S/C20H18N4O2/c1-13-22-16-6-2-3-7-17(16)24(13)12-10-19(26)23-15-8-9-18(25)20-14(15)5-4-11-21-20/h2-9,11,25H,10,12H2,1H3,(H,23,26). The molecular weight excluding hydrogens is 328 g/mol. The molecule has 0 radical (unpaired) electrons. The number of fused-ring (bicyclic) bond motifs is 2. The Hall–Kier alpha value is -3.41. The van der Waals surface area contributed by atoms with Gasteiger partial charge in [0.15, 0.2) is 0 Å². The minimum Gasteiger partial charge on any atom is -0.506 e. The van der Waals surface area contributed by atoms with Crippen molar-refractivity contribution in [1.82, 2.24) is 14.5 Å². The van der Waals surface area contributed by atoms with E-state index in [1.807, 2.05) is 41.8 Å². The highest BCUT2D eigenvalue weighted by molar-refractivity contribution is 6.02. The summed E-state index contributed by atoms with van der Waals surface area (Å²) in [5.41, 5.74) is 3.07. The van der Waals surface area contributed by atoms with E-state index in [-0.39, 0.29) is 11.7 Å².